The van der Waals surface area contributed by atoms with E-state index in [1.54, 1.807) is 4.90 Å². The highest BCUT2D eigenvalue weighted by atomic mass is 32.1. The molecule has 0 N–H and O–H groups in total. The van der Waals surface area contributed by atoms with Gasteiger partial charge in [0, 0.05) is 32.7 Å². The molecule has 0 saturated carbocycles. The third-order valence-corrected chi connectivity index (χ3v) is 4.53. The summed E-state index contributed by atoms with van der Waals surface area (Å²) in [6.07, 6.45) is -1.86. The van der Waals surface area contributed by atoms with Crippen molar-refractivity contribution in [1.82, 2.24) is 18.5 Å². The molecule has 0 amide bonds. The number of ether oxygens (including phenoxy) is 1. The maximum atomic E-state index is 12.2. The van der Waals surface area contributed by atoms with Crippen LogP contribution in [0.2, 0.25) is 0 Å². The normalized spacial score (nSPS) is 21.1. The molecular formula is C14H19F3N4OS. The zero-order valence-corrected chi connectivity index (χ0v) is 13.7. The molecule has 0 radical (unpaired) electrons. The lowest BCUT2D eigenvalue weighted by atomic mass is 10.1. The highest BCUT2D eigenvalue weighted by Gasteiger charge is 2.34. The summed E-state index contributed by atoms with van der Waals surface area (Å²) < 4.78 is 50.9. The van der Waals surface area contributed by atoms with Crippen molar-refractivity contribution in [2.75, 3.05) is 39.8 Å². The molecule has 1 aromatic rings. The van der Waals surface area contributed by atoms with Gasteiger partial charge in [-0.3, -0.25) is 4.90 Å². The largest absolute Gasteiger partial charge is 0.469 e. The number of rotatable bonds is 5. The van der Waals surface area contributed by atoms with Gasteiger partial charge in [0.15, 0.2) is 0 Å². The van der Waals surface area contributed by atoms with Gasteiger partial charge in [-0.05, 0) is 19.0 Å². The predicted molar refractivity (Wildman–Crippen MR) is 81.5 cm³/mol. The van der Waals surface area contributed by atoms with E-state index < -0.39 is 12.6 Å². The van der Waals surface area contributed by atoms with E-state index in [4.69, 9.17) is 4.74 Å². The predicted octanol–water partition coefficient (Wildman–Crippen LogP) is 2.27. The number of halogens is 3. The topological polar surface area (TPSA) is 41.5 Å². The summed E-state index contributed by atoms with van der Waals surface area (Å²) in [6, 6.07) is 0. The van der Waals surface area contributed by atoms with E-state index >= 15 is 0 Å². The van der Waals surface area contributed by atoms with Gasteiger partial charge >= 0.3 is 6.18 Å². The molecule has 23 heavy (non-hydrogen) atoms. The van der Waals surface area contributed by atoms with E-state index in [0.29, 0.717) is 19.0 Å². The molecule has 5 nitrogen and oxygen atoms in total. The number of hydrogen-bond acceptors (Lipinski definition) is 6. The molecule has 9 heteroatoms. The van der Waals surface area contributed by atoms with Crippen molar-refractivity contribution < 1.29 is 17.9 Å². The van der Waals surface area contributed by atoms with E-state index in [1.807, 2.05) is 0 Å². The molecule has 0 unspecified atom stereocenters. The van der Waals surface area contributed by atoms with Gasteiger partial charge in [0.2, 0.25) is 0 Å². The Hall–Kier alpha value is -1.19. The van der Waals surface area contributed by atoms with Crippen molar-refractivity contribution >= 4 is 17.3 Å². The Bertz CT molecular complexity index is 569. The van der Waals surface area contributed by atoms with Crippen molar-refractivity contribution in [2.45, 2.75) is 25.1 Å². The Morgan fingerprint density at radius 2 is 2.13 bits per heavy atom. The van der Waals surface area contributed by atoms with Crippen LogP contribution in [0, 0.1) is 0 Å². The van der Waals surface area contributed by atoms with Gasteiger partial charge in [-0.1, -0.05) is 6.08 Å². The lowest BCUT2D eigenvalue weighted by Crippen LogP contribution is -2.54. The Kier molecular flexibility index (Phi) is 4.88. The van der Waals surface area contributed by atoms with Crippen LogP contribution in [0.3, 0.4) is 0 Å². The minimum Gasteiger partial charge on any atom is -0.469 e. The first-order valence-electron chi connectivity index (χ1n) is 7.57. The zero-order valence-electron chi connectivity index (χ0n) is 12.8. The number of aromatic nitrogens is 2. The van der Waals surface area contributed by atoms with Gasteiger partial charge < -0.3 is 9.64 Å². The fraction of sp³-hybridized carbons (Fsp3) is 0.714. The summed E-state index contributed by atoms with van der Waals surface area (Å²) in [5.74, 6) is 0.511. The van der Waals surface area contributed by atoms with Crippen LogP contribution < -0.4 is 4.74 Å². The highest BCUT2D eigenvalue weighted by molar-refractivity contribution is 6.99. The molecule has 2 aliphatic rings. The van der Waals surface area contributed by atoms with Crippen LogP contribution in [0.25, 0.3) is 5.57 Å². The van der Waals surface area contributed by atoms with Crippen molar-refractivity contribution in [2.24, 2.45) is 0 Å². The lowest BCUT2D eigenvalue weighted by molar-refractivity contribution is -0.142. The van der Waals surface area contributed by atoms with E-state index in [1.165, 1.54) is 0 Å². The van der Waals surface area contributed by atoms with Gasteiger partial charge in [-0.25, -0.2) is 0 Å². The number of hydrogen-bond donors (Lipinski definition) is 0. The highest BCUT2D eigenvalue weighted by Crippen LogP contribution is 2.29. The van der Waals surface area contributed by atoms with Crippen molar-refractivity contribution in [1.29, 1.82) is 0 Å². The smallest absolute Gasteiger partial charge is 0.390 e. The average molecular weight is 348 g/mol. The summed E-state index contributed by atoms with van der Waals surface area (Å²) in [5, 5.41) is 0. The van der Waals surface area contributed by atoms with E-state index in [-0.39, 0.29) is 12.6 Å². The maximum Gasteiger partial charge on any atom is 0.390 e. The molecule has 3 heterocycles. The van der Waals surface area contributed by atoms with Crippen molar-refractivity contribution in [3.8, 4) is 5.88 Å². The first kappa shape index (κ1) is 16.7. The number of likely N-dealkylation sites (tertiary alicyclic amines) is 1. The van der Waals surface area contributed by atoms with Crippen LogP contribution in [0.15, 0.2) is 6.08 Å². The Labute approximate surface area is 137 Å². The molecule has 0 bridgehead atoms. The molecule has 0 aromatic carbocycles. The van der Waals surface area contributed by atoms with Crippen molar-refractivity contribution in [3.63, 3.8) is 0 Å². The van der Waals surface area contributed by atoms with Crippen LogP contribution in [0.5, 0.6) is 5.88 Å². The monoisotopic (exact) mass is 348 g/mol. The molecule has 0 aliphatic carbocycles. The third-order valence-electron chi connectivity index (χ3n) is 4.02. The van der Waals surface area contributed by atoms with Crippen molar-refractivity contribution in [3.05, 3.63) is 11.8 Å². The standard InChI is InChI=1S/C14H19F3N4OS/c1-20-5-2-3-10(7-20)12-13(19-23-18-12)22-11-8-21(9-11)6-4-14(15,16)17/h3,11H,2,4-9H2,1H3. The molecule has 1 saturated heterocycles. The molecule has 3 rings (SSSR count). The lowest BCUT2D eigenvalue weighted by Gasteiger charge is -2.38. The van der Waals surface area contributed by atoms with Crippen LogP contribution in [-0.4, -0.2) is 70.6 Å². The Balaban J connectivity index is 1.51. The third kappa shape index (κ3) is 4.42. The Morgan fingerprint density at radius 3 is 2.83 bits per heavy atom. The van der Waals surface area contributed by atoms with E-state index in [2.05, 4.69) is 26.8 Å². The summed E-state index contributed by atoms with van der Waals surface area (Å²) in [7, 11) is 2.05. The summed E-state index contributed by atoms with van der Waals surface area (Å²) in [4.78, 5) is 3.95. The fourth-order valence-corrected chi connectivity index (χ4v) is 3.26. The number of nitrogens with zero attached hydrogens (tertiary/aromatic N) is 4. The molecule has 128 valence electrons. The quantitative estimate of drug-likeness (QED) is 0.817. The van der Waals surface area contributed by atoms with E-state index in [9.17, 15) is 13.2 Å². The van der Waals surface area contributed by atoms with Gasteiger partial charge in [-0.15, -0.1) is 4.37 Å². The number of likely N-dealkylation sites (N-methyl/N-ethyl adjacent to an activating group) is 1. The first-order valence-corrected chi connectivity index (χ1v) is 8.30. The fourth-order valence-electron chi connectivity index (χ4n) is 2.74. The van der Waals surface area contributed by atoms with Gasteiger partial charge in [0.05, 0.1) is 18.1 Å². The minimum atomic E-state index is -4.10. The zero-order chi connectivity index (χ0) is 16.4. The molecule has 0 spiro atoms. The molecule has 0 atom stereocenters. The summed E-state index contributed by atoms with van der Waals surface area (Å²) >= 11 is 1.11. The second-order valence-electron chi connectivity index (χ2n) is 6.04. The second-order valence-corrected chi connectivity index (χ2v) is 6.57. The SMILES string of the molecule is CN1CCC=C(c2nsnc2OC2CN(CCC(F)(F)F)C2)C1. The second kappa shape index (κ2) is 6.74. The summed E-state index contributed by atoms with van der Waals surface area (Å²) in [6.45, 7) is 2.87. The first-order chi connectivity index (χ1) is 10.9. The molecule has 2 aliphatic heterocycles. The number of alkyl halides is 3. The van der Waals surface area contributed by atoms with Crippen LogP contribution >= 0.6 is 11.7 Å². The van der Waals surface area contributed by atoms with Crippen LogP contribution in [0.1, 0.15) is 18.5 Å². The average Bonchev–Trinajstić information content (AvgIpc) is 2.88. The van der Waals surface area contributed by atoms with Crippen LogP contribution in [0.4, 0.5) is 13.2 Å². The molecule has 1 fully saturated rings. The van der Waals surface area contributed by atoms with Gasteiger partial charge in [0.1, 0.15) is 11.8 Å². The van der Waals surface area contributed by atoms with E-state index in [0.717, 1.165) is 42.5 Å². The molecule has 1 aromatic heterocycles. The Morgan fingerprint density at radius 1 is 1.35 bits per heavy atom. The minimum absolute atomic E-state index is 0.0292. The maximum absolute atomic E-state index is 12.2. The van der Waals surface area contributed by atoms with Crippen LogP contribution in [-0.2, 0) is 0 Å². The van der Waals surface area contributed by atoms with Gasteiger partial charge in [-0.2, -0.15) is 17.5 Å². The van der Waals surface area contributed by atoms with Gasteiger partial charge in [0.25, 0.3) is 5.88 Å². The molecular weight excluding hydrogens is 329 g/mol. The summed E-state index contributed by atoms with van der Waals surface area (Å²) in [5.41, 5.74) is 1.88.